The maximum Gasteiger partial charge on any atom is 0.200 e. The summed E-state index contributed by atoms with van der Waals surface area (Å²) >= 11 is 0. The molecule has 86 valence electrons. The minimum absolute atomic E-state index is 0.453. The summed E-state index contributed by atoms with van der Waals surface area (Å²) in [6, 6.07) is 7.20. The van der Waals surface area contributed by atoms with Crippen LogP contribution in [-0.4, -0.2) is 22.0 Å². The third kappa shape index (κ3) is 2.03. The van der Waals surface area contributed by atoms with E-state index >= 15 is 0 Å². The molecule has 2 rings (SSSR count). The number of sulfone groups is 1. The molecule has 4 heteroatoms. The Bertz CT molecular complexity index is 518. The quantitative estimate of drug-likeness (QED) is 0.812. The highest BCUT2D eigenvalue weighted by molar-refractivity contribution is 7.95. The lowest BCUT2D eigenvalue weighted by Crippen LogP contribution is -2.07. The fourth-order valence-corrected chi connectivity index (χ4v) is 3.46. The van der Waals surface area contributed by atoms with E-state index in [-0.39, 0.29) is 0 Å². The fourth-order valence-electron chi connectivity index (χ4n) is 1.94. The van der Waals surface area contributed by atoms with Crippen LogP contribution >= 0.6 is 0 Å². The number of nitrogens with one attached hydrogen (secondary N) is 1. The van der Waals surface area contributed by atoms with E-state index in [1.807, 2.05) is 19.2 Å². The zero-order valence-corrected chi connectivity index (χ0v) is 10.0. The summed E-state index contributed by atoms with van der Waals surface area (Å²) in [5.74, 6) is 0. The Hall–Kier alpha value is -1.13. The van der Waals surface area contributed by atoms with Crippen molar-refractivity contribution in [3.8, 4) is 0 Å². The van der Waals surface area contributed by atoms with Gasteiger partial charge in [-0.3, -0.25) is 0 Å². The molecule has 0 saturated carbocycles. The number of fused-ring (bicyclic) bond motifs is 1. The molecule has 0 atom stereocenters. The second kappa shape index (κ2) is 4.39. The summed E-state index contributed by atoms with van der Waals surface area (Å²) in [7, 11) is -1.28. The minimum atomic E-state index is -3.17. The monoisotopic (exact) mass is 237 g/mol. The van der Waals surface area contributed by atoms with E-state index in [0.717, 1.165) is 30.5 Å². The van der Waals surface area contributed by atoms with Crippen LogP contribution in [0.15, 0.2) is 34.6 Å². The van der Waals surface area contributed by atoms with Gasteiger partial charge in [-0.1, -0.05) is 18.2 Å². The highest BCUT2D eigenvalue weighted by atomic mass is 32.2. The van der Waals surface area contributed by atoms with Crippen molar-refractivity contribution in [2.75, 3.05) is 13.6 Å². The molecular formula is C12H15NO2S. The van der Waals surface area contributed by atoms with Gasteiger partial charge < -0.3 is 5.32 Å². The molecule has 0 fully saturated rings. The van der Waals surface area contributed by atoms with Crippen molar-refractivity contribution >= 4 is 15.4 Å². The van der Waals surface area contributed by atoms with Crippen LogP contribution in [0.4, 0.5) is 0 Å². The molecule has 0 amide bonds. The smallest absolute Gasteiger partial charge is 0.200 e. The summed E-state index contributed by atoms with van der Waals surface area (Å²) in [6.45, 7) is 0.902. The zero-order valence-electron chi connectivity index (χ0n) is 9.23. The molecule has 1 aromatic carbocycles. The largest absolute Gasteiger partial charge is 0.320 e. The van der Waals surface area contributed by atoms with E-state index < -0.39 is 9.84 Å². The van der Waals surface area contributed by atoms with Gasteiger partial charge >= 0.3 is 0 Å². The summed E-state index contributed by atoms with van der Waals surface area (Å²) in [4.78, 5) is 0.453. The highest BCUT2D eigenvalue weighted by Crippen LogP contribution is 2.35. The normalized spacial score (nSPS) is 16.9. The zero-order chi connectivity index (χ0) is 11.6. The molecule has 0 radical (unpaired) electrons. The van der Waals surface area contributed by atoms with Gasteiger partial charge in [-0.2, -0.15) is 0 Å². The third-order valence-corrected chi connectivity index (χ3v) is 4.27. The van der Waals surface area contributed by atoms with Gasteiger partial charge in [0.1, 0.15) is 0 Å². The van der Waals surface area contributed by atoms with Crippen LogP contribution < -0.4 is 5.32 Å². The topological polar surface area (TPSA) is 46.2 Å². The van der Waals surface area contributed by atoms with Crippen molar-refractivity contribution in [2.24, 2.45) is 0 Å². The summed E-state index contributed by atoms with van der Waals surface area (Å²) in [6.07, 6.45) is 1.75. The van der Waals surface area contributed by atoms with Crippen molar-refractivity contribution in [3.05, 3.63) is 35.2 Å². The molecule has 0 spiro atoms. The van der Waals surface area contributed by atoms with E-state index in [1.165, 1.54) is 5.41 Å². The molecule has 3 nitrogen and oxygen atoms in total. The maximum atomic E-state index is 11.8. The molecule has 1 heterocycles. The lowest BCUT2D eigenvalue weighted by atomic mass is 10.0. The minimum Gasteiger partial charge on any atom is -0.320 e. The molecule has 16 heavy (non-hydrogen) atoms. The van der Waals surface area contributed by atoms with Crippen LogP contribution in [0.1, 0.15) is 18.4 Å². The van der Waals surface area contributed by atoms with Crippen molar-refractivity contribution in [1.82, 2.24) is 5.32 Å². The number of rotatable bonds is 4. The van der Waals surface area contributed by atoms with E-state index in [2.05, 4.69) is 5.32 Å². The van der Waals surface area contributed by atoms with Crippen LogP contribution in [-0.2, 0) is 9.84 Å². The van der Waals surface area contributed by atoms with Crippen LogP contribution in [0, 0.1) is 0 Å². The number of allylic oxidation sites excluding steroid dienone is 1. The summed E-state index contributed by atoms with van der Waals surface area (Å²) in [5.41, 5.74) is 1.81. The standard InChI is InChI=1S/C12H15NO2S/c1-13-8-4-5-10-9-16(14,15)12-7-3-2-6-11(10)12/h2-3,6-7,9,13H,4-5,8H2,1H3. The molecule has 0 aliphatic carbocycles. The molecule has 1 aliphatic heterocycles. The molecule has 0 unspecified atom stereocenters. The summed E-state index contributed by atoms with van der Waals surface area (Å²) < 4.78 is 23.6. The van der Waals surface area contributed by atoms with Gasteiger partial charge in [0.15, 0.2) is 0 Å². The average Bonchev–Trinajstić information content (AvgIpc) is 2.52. The molecule has 1 aliphatic rings. The highest BCUT2D eigenvalue weighted by Gasteiger charge is 2.25. The van der Waals surface area contributed by atoms with Gasteiger partial charge in [-0.05, 0) is 43.6 Å². The number of benzene rings is 1. The predicted molar refractivity (Wildman–Crippen MR) is 64.8 cm³/mol. The first-order chi connectivity index (χ1) is 7.65. The molecule has 0 saturated heterocycles. The van der Waals surface area contributed by atoms with Crippen LogP contribution in [0.3, 0.4) is 0 Å². The lowest BCUT2D eigenvalue weighted by Gasteiger charge is -2.03. The molecule has 0 bridgehead atoms. The van der Waals surface area contributed by atoms with Crippen LogP contribution in [0.25, 0.3) is 5.57 Å². The van der Waals surface area contributed by atoms with Crippen molar-refractivity contribution in [1.29, 1.82) is 0 Å². The van der Waals surface area contributed by atoms with Crippen molar-refractivity contribution in [3.63, 3.8) is 0 Å². The maximum absolute atomic E-state index is 11.8. The first-order valence-electron chi connectivity index (χ1n) is 5.35. The van der Waals surface area contributed by atoms with E-state index in [9.17, 15) is 8.42 Å². The van der Waals surface area contributed by atoms with Gasteiger partial charge in [0.2, 0.25) is 9.84 Å². The van der Waals surface area contributed by atoms with E-state index in [1.54, 1.807) is 12.1 Å². The van der Waals surface area contributed by atoms with Gasteiger partial charge in [0, 0.05) is 5.41 Å². The van der Waals surface area contributed by atoms with Crippen molar-refractivity contribution < 1.29 is 8.42 Å². The second-order valence-electron chi connectivity index (χ2n) is 3.89. The SMILES string of the molecule is CNCCCC1=CS(=O)(=O)c2ccccc21. The molecule has 1 aromatic rings. The van der Waals surface area contributed by atoms with E-state index in [4.69, 9.17) is 0 Å². The Kier molecular flexibility index (Phi) is 3.12. The van der Waals surface area contributed by atoms with Crippen molar-refractivity contribution in [2.45, 2.75) is 17.7 Å². The fraction of sp³-hybridized carbons (Fsp3) is 0.333. The van der Waals surface area contributed by atoms with E-state index in [0.29, 0.717) is 4.90 Å². The Morgan fingerprint density at radius 1 is 1.25 bits per heavy atom. The van der Waals surface area contributed by atoms with Gasteiger partial charge in [0.25, 0.3) is 0 Å². The van der Waals surface area contributed by atoms with Gasteiger partial charge in [0.05, 0.1) is 4.90 Å². The predicted octanol–water partition coefficient (Wildman–Crippen LogP) is 1.81. The Labute approximate surface area is 96.1 Å². The number of hydrogen-bond donors (Lipinski definition) is 1. The number of hydrogen-bond acceptors (Lipinski definition) is 3. The third-order valence-electron chi connectivity index (χ3n) is 2.71. The second-order valence-corrected chi connectivity index (χ2v) is 5.66. The molecular weight excluding hydrogens is 222 g/mol. The Morgan fingerprint density at radius 2 is 2.00 bits per heavy atom. The van der Waals surface area contributed by atoms with Gasteiger partial charge in [-0.25, -0.2) is 8.42 Å². The van der Waals surface area contributed by atoms with Gasteiger partial charge in [-0.15, -0.1) is 0 Å². The molecule has 1 N–H and O–H groups in total. The first-order valence-corrected chi connectivity index (χ1v) is 6.89. The Balaban J connectivity index is 2.29. The van der Waals surface area contributed by atoms with Crippen LogP contribution in [0.5, 0.6) is 0 Å². The lowest BCUT2D eigenvalue weighted by molar-refractivity contribution is 0.605. The Morgan fingerprint density at radius 3 is 2.75 bits per heavy atom. The van der Waals surface area contributed by atoms with Crippen LogP contribution in [0.2, 0.25) is 0 Å². The molecule has 0 aromatic heterocycles. The summed E-state index contributed by atoms with van der Waals surface area (Å²) in [5, 5.41) is 4.47. The average molecular weight is 237 g/mol. The first kappa shape index (κ1) is 11.4.